The fraction of sp³-hybridized carbons (Fsp3) is 0.385. The number of rotatable bonds is 8. The van der Waals surface area contributed by atoms with Crippen LogP contribution in [0, 0.1) is 0 Å². The van der Waals surface area contributed by atoms with E-state index >= 15 is 0 Å². The summed E-state index contributed by atoms with van der Waals surface area (Å²) in [6.45, 7) is 9.18. The van der Waals surface area contributed by atoms with Crippen molar-refractivity contribution in [2.75, 3.05) is 26.1 Å². The van der Waals surface area contributed by atoms with Crippen molar-refractivity contribution in [2.45, 2.75) is 46.3 Å². The third kappa shape index (κ3) is 12.2. The summed E-state index contributed by atoms with van der Waals surface area (Å²) in [4.78, 5) is 22.7. The first-order valence-electron chi connectivity index (χ1n) is 11.4. The maximum atomic E-state index is 13.3. The Hall–Kier alpha value is -3.63. The molecule has 10 heteroatoms. The van der Waals surface area contributed by atoms with Crippen molar-refractivity contribution in [3.05, 3.63) is 71.5 Å². The van der Waals surface area contributed by atoms with E-state index in [0.717, 1.165) is 5.01 Å². The Balaban J connectivity index is 0.00000134. The van der Waals surface area contributed by atoms with Crippen LogP contribution in [-0.2, 0) is 14.3 Å². The third-order valence-electron chi connectivity index (χ3n) is 4.42. The summed E-state index contributed by atoms with van der Waals surface area (Å²) in [5.74, 6) is 5.84. The Morgan fingerprint density at radius 2 is 1.64 bits per heavy atom. The fourth-order valence-corrected chi connectivity index (χ4v) is 2.41. The number of anilines is 1. The van der Waals surface area contributed by atoms with E-state index in [4.69, 9.17) is 21.1 Å². The number of nitrogens with one attached hydrogen (secondary N) is 2. The van der Waals surface area contributed by atoms with Gasteiger partial charge in [-0.05, 0) is 38.5 Å². The molecule has 6 N–H and O–H groups in total. The van der Waals surface area contributed by atoms with Gasteiger partial charge in [0.15, 0.2) is 6.10 Å². The van der Waals surface area contributed by atoms with Crippen molar-refractivity contribution < 1.29 is 23.5 Å². The van der Waals surface area contributed by atoms with E-state index in [9.17, 15) is 14.0 Å². The largest absolute Gasteiger partial charge is 0.438 e. The second-order valence-corrected chi connectivity index (χ2v) is 8.11. The van der Waals surface area contributed by atoms with Crippen molar-refractivity contribution in [1.29, 1.82) is 0 Å². The number of methoxy groups -OCH3 is 1. The lowest BCUT2D eigenvalue weighted by molar-refractivity contribution is -0.105. The van der Waals surface area contributed by atoms with E-state index in [1.54, 1.807) is 61.7 Å². The van der Waals surface area contributed by atoms with Crippen LogP contribution in [0.5, 0.6) is 0 Å². The molecule has 2 amide bonds. The topological polar surface area (TPSA) is 132 Å². The summed E-state index contributed by atoms with van der Waals surface area (Å²) in [7, 11) is 3.19. The van der Waals surface area contributed by atoms with Gasteiger partial charge in [-0.3, -0.25) is 15.1 Å². The predicted octanol–water partition coefficient (Wildman–Crippen LogP) is 4.54. The van der Waals surface area contributed by atoms with Gasteiger partial charge in [0.1, 0.15) is 12.5 Å². The molecule has 0 aliphatic carbocycles. The molecule has 0 bridgehead atoms. The number of hydrogen-bond donors (Lipinski definition) is 4. The van der Waals surface area contributed by atoms with Crippen molar-refractivity contribution in [3.63, 3.8) is 0 Å². The number of benzene rings is 2. The molecule has 0 saturated carbocycles. The molecule has 200 valence electrons. The van der Waals surface area contributed by atoms with Gasteiger partial charge in [0.2, 0.25) is 6.41 Å². The Labute approximate surface area is 213 Å². The van der Waals surface area contributed by atoms with E-state index in [1.165, 1.54) is 7.05 Å². The molecule has 2 rings (SSSR count). The zero-order valence-corrected chi connectivity index (χ0v) is 22.2. The molecule has 0 aliphatic heterocycles. The van der Waals surface area contributed by atoms with E-state index in [2.05, 4.69) is 10.6 Å². The first-order valence-corrected chi connectivity index (χ1v) is 11.4. The average Bonchev–Trinajstić information content (AvgIpc) is 2.87. The SMILES string of the molecule is CC.CN(N)/C(NC(=O)OC(CF)c1ccccc1)=C(\N)c1ccc(NC=O)cc1.COC(C)(C)C. The normalized spacial score (nSPS) is 11.8. The number of amides is 2. The van der Waals surface area contributed by atoms with Crippen molar-refractivity contribution in [2.24, 2.45) is 11.6 Å². The summed E-state index contributed by atoms with van der Waals surface area (Å²) in [6, 6.07) is 15.1. The zero-order chi connectivity index (χ0) is 27.7. The smallest absolute Gasteiger partial charge is 0.413 e. The van der Waals surface area contributed by atoms with E-state index in [1.807, 2.05) is 34.6 Å². The highest BCUT2D eigenvalue weighted by molar-refractivity contribution is 5.76. The zero-order valence-electron chi connectivity index (χ0n) is 22.2. The molecule has 1 unspecified atom stereocenters. The summed E-state index contributed by atoms with van der Waals surface area (Å²) < 4.78 is 23.4. The van der Waals surface area contributed by atoms with Crippen LogP contribution in [0.3, 0.4) is 0 Å². The van der Waals surface area contributed by atoms with Crippen LogP contribution in [0.15, 0.2) is 60.4 Å². The molecular formula is C26H40FN5O4. The number of nitrogens with zero attached hydrogens (tertiary/aromatic N) is 1. The number of alkyl halides is 1. The molecule has 0 saturated heterocycles. The minimum atomic E-state index is -1.06. The molecule has 0 fully saturated rings. The average molecular weight is 506 g/mol. The maximum absolute atomic E-state index is 13.3. The van der Waals surface area contributed by atoms with Gasteiger partial charge in [0, 0.05) is 25.4 Å². The van der Waals surface area contributed by atoms with Gasteiger partial charge in [-0.2, -0.15) is 0 Å². The Morgan fingerprint density at radius 3 is 2.06 bits per heavy atom. The van der Waals surface area contributed by atoms with E-state index in [-0.39, 0.29) is 17.1 Å². The molecule has 0 spiro atoms. The molecular weight excluding hydrogens is 465 g/mol. The van der Waals surface area contributed by atoms with Crippen LogP contribution < -0.4 is 22.2 Å². The lowest BCUT2D eigenvalue weighted by Gasteiger charge is -2.22. The molecule has 1 atom stereocenters. The van der Waals surface area contributed by atoms with Crippen LogP contribution in [0.25, 0.3) is 5.70 Å². The van der Waals surface area contributed by atoms with Gasteiger partial charge in [-0.25, -0.2) is 15.0 Å². The third-order valence-corrected chi connectivity index (χ3v) is 4.42. The summed E-state index contributed by atoms with van der Waals surface area (Å²) in [6.07, 6.45) is -1.40. The molecule has 0 radical (unpaired) electrons. The Morgan fingerprint density at radius 1 is 1.11 bits per heavy atom. The molecule has 2 aromatic carbocycles. The van der Waals surface area contributed by atoms with Crippen LogP contribution in [0.1, 0.15) is 51.8 Å². The highest BCUT2D eigenvalue weighted by atomic mass is 19.1. The summed E-state index contributed by atoms with van der Waals surface area (Å²) in [5.41, 5.74) is 7.97. The molecule has 36 heavy (non-hydrogen) atoms. The fourth-order valence-electron chi connectivity index (χ4n) is 2.41. The van der Waals surface area contributed by atoms with Gasteiger partial charge in [0.05, 0.1) is 11.3 Å². The van der Waals surface area contributed by atoms with Gasteiger partial charge in [0.25, 0.3) is 0 Å². The first kappa shape index (κ1) is 32.4. The van der Waals surface area contributed by atoms with E-state index in [0.29, 0.717) is 23.2 Å². The second kappa shape index (κ2) is 16.9. The van der Waals surface area contributed by atoms with Crippen LogP contribution in [0.4, 0.5) is 14.9 Å². The number of halogens is 1. The van der Waals surface area contributed by atoms with Crippen molar-refractivity contribution >= 4 is 23.9 Å². The predicted molar refractivity (Wildman–Crippen MR) is 142 cm³/mol. The number of hydrogen-bond acceptors (Lipinski definition) is 7. The Bertz CT molecular complexity index is 930. The monoisotopic (exact) mass is 505 g/mol. The molecule has 2 aromatic rings. The van der Waals surface area contributed by atoms with Gasteiger partial charge >= 0.3 is 6.09 Å². The quantitative estimate of drug-likeness (QED) is 0.235. The highest BCUT2D eigenvalue weighted by Crippen LogP contribution is 2.19. The van der Waals surface area contributed by atoms with Gasteiger partial charge < -0.3 is 20.5 Å². The second-order valence-electron chi connectivity index (χ2n) is 8.11. The highest BCUT2D eigenvalue weighted by Gasteiger charge is 2.19. The minimum Gasteiger partial charge on any atom is -0.438 e. The van der Waals surface area contributed by atoms with Gasteiger partial charge in [-0.1, -0.05) is 56.3 Å². The minimum absolute atomic E-state index is 0.0417. The number of ether oxygens (including phenoxy) is 2. The van der Waals surface area contributed by atoms with Crippen molar-refractivity contribution in [3.8, 4) is 0 Å². The standard InChI is InChI=1S/C19H22FN5O3.C5H12O.C2H6/c1-25(22)18(17(21)14-7-9-15(10-8-14)23-12-26)24-19(27)28-16(11-20)13-5-3-2-4-6-13;1-5(2,3)6-4;1-2/h2-10,12,16H,11,21-22H2,1H3,(H,23,26)(H,24,27);1-4H3;1-2H3/b18-17-;;. The number of alkyl carbamates (subject to hydrolysis) is 1. The number of carbonyl (C=O) groups is 2. The van der Waals surface area contributed by atoms with Crippen LogP contribution >= 0.6 is 0 Å². The summed E-state index contributed by atoms with van der Waals surface area (Å²) in [5, 5.41) is 6.06. The van der Waals surface area contributed by atoms with E-state index < -0.39 is 18.9 Å². The molecule has 9 nitrogen and oxygen atoms in total. The van der Waals surface area contributed by atoms with Crippen molar-refractivity contribution in [1.82, 2.24) is 10.3 Å². The molecule has 0 aliphatic rings. The summed E-state index contributed by atoms with van der Waals surface area (Å²) >= 11 is 0. The van der Waals surface area contributed by atoms with Crippen LogP contribution in [0.2, 0.25) is 0 Å². The lowest BCUT2D eigenvalue weighted by Crippen LogP contribution is -2.39. The number of nitrogens with two attached hydrogens (primary N) is 2. The first-order chi connectivity index (χ1) is 17.0. The maximum Gasteiger partial charge on any atom is 0.413 e. The molecule has 0 heterocycles. The molecule has 0 aromatic heterocycles. The number of carbonyl (C=O) groups excluding carboxylic acids is 2. The van der Waals surface area contributed by atoms with Crippen LogP contribution in [-0.4, -0.2) is 43.9 Å². The number of hydrazine groups is 1. The van der Waals surface area contributed by atoms with Gasteiger partial charge in [-0.15, -0.1) is 0 Å². The lowest BCUT2D eigenvalue weighted by atomic mass is 10.1. The Kier molecular flexibility index (Phi) is 15.2.